The molecule has 0 bridgehead atoms. The molecule has 1 aliphatic heterocycles. The van der Waals surface area contributed by atoms with Crippen LogP contribution in [0, 0.1) is 0 Å². The van der Waals surface area contributed by atoms with E-state index in [-0.39, 0.29) is 24.3 Å². The molecule has 140 valence electrons. The fraction of sp³-hybridized carbons (Fsp3) is 0.353. The maximum Gasteiger partial charge on any atom is 0.416 e. The minimum absolute atomic E-state index is 0.118. The van der Waals surface area contributed by atoms with Crippen molar-refractivity contribution in [1.29, 1.82) is 0 Å². The molecule has 4 nitrogen and oxygen atoms in total. The standard InChI is InChI=1S/C17H15ClF3NO3S/c18-12-4-5-15(22-10-12)16-9-14(6-7-25-16)26(23,24)13-3-1-2-11(8-13)17(19,20)21/h1-5,8,10,14,16H,6-7,9H2. The Morgan fingerprint density at radius 3 is 2.62 bits per heavy atom. The lowest BCUT2D eigenvalue weighted by Crippen LogP contribution is -2.31. The van der Waals surface area contributed by atoms with E-state index in [1.807, 2.05) is 0 Å². The number of hydrogen-bond donors (Lipinski definition) is 0. The molecule has 0 aliphatic carbocycles. The van der Waals surface area contributed by atoms with Crippen LogP contribution in [-0.2, 0) is 20.8 Å². The predicted molar refractivity (Wildman–Crippen MR) is 89.6 cm³/mol. The number of nitrogens with zero attached hydrogens (tertiary/aromatic N) is 1. The van der Waals surface area contributed by atoms with Crippen LogP contribution in [0.2, 0.25) is 5.02 Å². The summed E-state index contributed by atoms with van der Waals surface area (Å²) in [4.78, 5) is 3.81. The highest BCUT2D eigenvalue weighted by molar-refractivity contribution is 7.92. The molecule has 1 aromatic heterocycles. The molecule has 26 heavy (non-hydrogen) atoms. The molecule has 0 N–H and O–H groups in total. The molecule has 9 heteroatoms. The van der Waals surface area contributed by atoms with Gasteiger partial charge < -0.3 is 4.74 Å². The van der Waals surface area contributed by atoms with Crippen LogP contribution in [0.25, 0.3) is 0 Å². The van der Waals surface area contributed by atoms with Crippen molar-refractivity contribution >= 4 is 21.4 Å². The van der Waals surface area contributed by atoms with Crippen LogP contribution in [-0.4, -0.2) is 25.3 Å². The quantitative estimate of drug-likeness (QED) is 0.757. The van der Waals surface area contributed by atoms with E-state index >= 15 is 0 Å². The molecule has 2 atom stereocenters. The molecule has 3 rings (SSSR count). The predicted octanol–water partition coefficient (Wildman–Crippen LogP) is 4.45. The Balaban J connectivity index is 1.86. The molecule has 0 saturated carbocycles. The SMILES string of the molecule is O=S(=O)(c1cccc(C(F)(F)F)c1)C1CCOC(c2ccc(Cl)cn2)C1. The first-order chi connectivity index (χ1) is 12.2. The Morgan fingerprint density at radius 1 is 1.19 bits per heavy atom. The third kappa shape index (κ3) is 4.02. The summed E-state index contributed by atoms with van der Waals surface area (Å²) >= 11 is 5.79. The third-order valence-electron chi connectivity index (χ3n) is 4.24. The maximum absolute atomic E-state index is 12.9. The molecule has 1 aliphatic rings. The fourth-order valence-electron chi connectivity index (χ4n) is 2.87. The molecule has 1 fully saturated rings. The minimum Gasteiger partial charge on any atom is -0.372 e. The zero-order valence-corrected chi connectivity index (χ0v) is 15.0. The molecule has 1 aromatic carbocycles. The summed E-state index contributed by atoms with van der Waals surface area (Å²) in [6.07, 6.45) is -3.38. The van der Waals surface area contributed by atoms with Gasteiger partial charge in [-0.2, -0.15) is 13.2 Å². The summed E-state index contributed by atoms with van der Waals surface area (Å²) in [5.41, 5.74) is -0.445. The number of alkyl halides is 3. The van der Waals surface area contributed by atoms with Crippen LogP contribution in [0.5, 0.6) is 0 Å². The van der Waals surface area contributed by atoms with Gasteiger partial charge in [0.1, 0.15) is 6.10 Å². The minimum atomic E-state index is -4.60. The van der Waals surface area contributed by atoms with Crippen LogP contribution in [0.1, 0.15) is 30.2 Å². The number of hydrogen-bond acceptors (Lipinski definition) is 4. The summed E-state index contributed by atoms with van der Waals surface area (Å²) in [7, 11) is -3.93. The smallest absolute Gasteiger partial charge is 0.372 e. The van der Waals surface area contributed by atoms with Crippen LogP contribution in [0.3, 0.4) is 0 Å². The zero-order valence-electron chi connectivity index (χ0n) is 13.4. The van der Waals surface area contributed by atoms with Crippen LogP contribution >= 0.6 is 11.6 Å². The van der Waals surface area contributed by atoms with Crippen molar-refractivity contribution in [2.45, 2.75) is 35.3 Å². The van der Waals surface area contributed by atoms with Crippen LogP contribution < -0.4 is 0 Å². The molecule has 2 heterocycles. The molecule has 1 saturated heterocycles. The first-order valence-electron chi connectivity index (χ1n) is 7.82. The molecule has 2 unspecified atom stereocenters. The summed E-state index contributed by atoms with van der Waals surface area (Å²) in [6, 6.07) is 7.09. The van der Waals surface area contributed by atoms with Crippen molar-refractivity contribution in [2.24, 2.45) is 0 Å². The Bertz CT molecular complexity index is 885. The van der Waals surface area contributed by atoms with Gasteiger partial charge in [0.25, 0.3) is 0 Å². The highest BCUT2D eigenvalue weighted by Crippen LogP contribution is 2.35. The molecule has 2 aromatic rings. The van der Waals surface area contributed by atoms with Gasteiger partial charge in [-0.1, -0.05) is 17.7 Å². The number of aromatic nitrogens is 1. The Morgan fingerprint density at radius 2 is 1.96 bits per heavy atom. The first kappa shape index (κ1) is 19.1. The van der Waals surface area contributed by atoms with Crippen LogP contribution in [0.15, 0.2) is 47.5 Å². The maximum atomic E-state index is 12.9. The Kier molecular flexibility index (Phi) is 5.28. The van der Waals surface area contributed by atoms with Gasteiger partial charge in [-0.15, -0.1) is 0 Å². The van der Waals surface area contributed by atoms with Crippen molar-refractivity contribution in [1.82, 2.24) is 4.98 Å². The molecular formula is C17H15ClF3NO3S. The van der Waals surface area contributed by atoms with Gasteiger partial charge in [0.15, 0.2) is 9.84 Å². The second-order valence-corrected chi connectivity index (χ2v) is 8.64. The fourth-order valence-corrected chi connectivity index (χ4v) is 4.76. The van der Waals surface area contributed by atoms with Gasteiger partial charge in [-0.3, -0.25) is 4.98 Å². The molecule has 0 radical (unpaired) electrons. The Labute approximate surface area is 153 Å². The van der Waals surface area contributed by atoms with E-state index in [9.17, 15) is 21.6 Å². The molecule has 0 spiro atoms. The number of halogens is 4. The largest absolute Gasteiger partial charge is 0.416 e. The second-order valence-electron chi connectivity index (χ2n) is 5.98. The lowest BCUT2D eigenvalue weighted by Gasteiger charge is -2.29. The van der Waals surface area contributed by atoms with Gasteiger partial charge in [-0.25, -0.2) is 8.42 Å². The van der Waals surface area contributed by atoms with Gasteiger partial charge in [0.2, 0.25) is 0 Å². The lowest BCUT2D eigenvalue weighted by atomic mass is 10.1. The highest BCUT2D eigenvalue weighted by atomic mass is 35.5. The van der Waals surface area contributed by atoms with Crippen molar-refractivity contribution in [3.05, 3.63) is 58.9 Å². The van der Waals surface area contributed by atoms with Crippen molar-refractivity contribution in [3.8, 4) is 0 Å². The van der Waals surface area contributed by atoms with E-state index in [1.165, 1.54) is 12.3 Å². The number of sulfone groups is 1. The van der Waals surface area contributed by atoms with E-state index < -0.39 is 32.9 Å². The van der Waals surface area contributed by atoms with Gasteiger partial charge in [-0.05, 0) is 43.2 Å². The highest BCUT2D eigenvalue weighted by Gasteiger charge is 2.37. The average molecular weight is 406 g/mol. The van der Waals surface area contributed by atoms with Crippen molar-refractivity contribution in [3.63, 3.8) is 0 Å². The molecular weight excluding hydrogens is 391 g/mol. The second kappa shape index (κ2) is 7.17. The van der Waals surface area contributed by atoms with Crippen LogP contribution in [0.4, 0.5) is 13.2 Å². The Hall–Kier alpha value is -1.64. The van der Waals surface area contributed by atoms with Gasteiger partial charge >= 0.3 is 6.18 Å². The van der Waals surface area contributed by atoms with Crippen molar-refractivity contribution < 1.29 is 26.3 Å². The van der Waals surface area contributed by atoms with E-state index in [0.29, 0.717) is 16.8 Å². The summed E-state index contributed by atoms with van der Waals surface area (Å²) in [5.74, 6) is 0. The van der Waals surface area contributed by atoms with E-state index in [0.717, 1.165) is 12.1 Å². The lowest BCUT2D eigenvalue weighted by molar-refractivity contribution is -0.137. The summed E-state index contributed by atoms with van der Waals surface area (Å²) in [5, 5.41) is -0.403. The topological polar surface area (TPSA) is 56.3 Å². The zero-order chi connectivity index (χ0) is 18.9. The normalized spacial score (nSPS) is 21.5. The summed E-state index contributed by atoms with van der Waals surface area (Å²) in [6.45, 7) is 0.178. The van der Waals surface area contributed by atoms with E-state index in [1.54, 1.807) is 12.1 Å². The third-order valence-corrected chi connectivity index (χ3v) is 6.69. The van der Waals surface area contributed by atoms with Crippen molar-refractivity contribution in [2.75, 3.05) is 6.61 Å². The van der Waals surface area contributed by atoms with Gasteiger partial charge in [0, 0.05) is 12.8 Å². The summed E-state index contributed by atoms with van der Waals surface area (Å²) < 4.78 is 69.9. The van der Waals surface area contributed by atoms with E-state index in [2.05, 4.69) is 4.98 Å². The molecule has 0 amide bonds. The first-order valence-corrected chi connectivity index (χ1v) is 9.74. The number of benzene rings is 1. The monoisotopic (exact) mass is 405 g/mol. The number of ether oxygens (including phenoxy) is 1. The van der Waals surface area contributed by atoms with E-state index in [4.69, 9.17) is 16.3 Å². The van der Waals surface area contributed by atoms with Gasteiger partial charge in [0.05, 0.1) is 26.4 Å². The number of pyridine rings is 1. The number of rotatable bonds is 3. The average Bonchev–Trinajstić information content (AvgIpc) is 2.62.